The van der Waals surface area contributed by atoms with Gasteiger partial charge in [0.1, 0.15) is 5.82 Å². The molecule has 20 heavy (non-hydrogen) atoms. The Morgan fingerprint density at radius 2 is 2.05 bits per heavy atom. The van der Waals surface area contributed by atoms with Gasteiger partial charge in [-0.2, -0.15) is 0 Å². The lowest BCUT2D eigenvalue weighted by Gasteiger charge is -2.07. The SMILES string of the molecule is CCCn1c(-c2ccc(Cl)c(F)c2)nnc1S(=O)(=O)Cl. The molecule has 1 aromatic heterocycles. The van der Waals surface area contributed by atoms with E-state index in [1.165, 1.54) is 22.8 Å². The van der Waals surface area contributed by atoms with Crippen molar-refractivity contribution in [3.8, 4) is 11.4 Å². The summed E-state index contributed by atoms with van der Waals surface area (Å²) in [5.74, 6) is -0.396. The monoisotopic (exact) mass is 337 g/mol. The van der Waals surface area contributed by atoms with Crippen molar-refractivity contribution in [2.24, 2.45) is 0 Å². The summed E-state index contributed by atoms with van der Waals surface area (Å²) < 4.78 is 37.7. The minimum atomic E-state index is -4.02. The fourth-order valence-electron chi connectivity index (χ4n) is 1.74. The number of rotatable bonds is 4. The van der Waals surface area contributed by atoms with Crippen LogP contribution in [0.15, 0.2) is 23.4 Å². The quantitative estimate of drug-likeness (QED) is 0.804. The lowest BCUT2D eigenvalue weighted by atomic mass is 10.2. The molecule has 0 radical (unpaired) electrons. The van der Waals surface area contributed by atoms with Gasteiger partial charge in [0, 0.05) is 22.8 Å². The molecular weight excluding hydrogens is 328 g/mol. The maximum absolute atomic E-state index is 13.5. The van der Waals surface area contributed by atoms with Crippen LogP contribution in [-0.4, -0.2) is 23.2 Å². The van der Waals surface area contributed by atoms with Gasteiger partial charge >= 0.3 is 0 Å². The summed E-state index contributed by atoms with van der Waals surface area (Å²) in [7, 11) is 1.29. The van der Waals surface area contributed by atoms with Crippen molar-refractivity contribution in [2.75, 3.05) is 0 Å². The number of hydrogen-bond donors (Lipinski definition) is 0. The topological polar surface area (TPSA) is 64.8 Å². The number of hydrogen-bond acceptors (Lipinski definition) is 4. The van der Waals surface area contributed by atoms with Crippen molar-refractivity contribution in [1.82, 2.24) is 14.8 Å². The molecule has 0 bridgehead atoms. The molecule has 0 saturated carbocycles. The van der Waals surface area contributed by atoms with Crippen LogP contribution >= 0.6 is 22.3 Å². The van der Waals surface area contributed by atoms with Gasteiger partial charge in [-0.1, -0.05) is 18.5 Å². The summed E-state index contributed by atoms with van der Waals surface area (Å²) in [6, 6.07) is 4.07. The molecule has 0 N–H and O–H groups in total. The zero-order valence-electron chi connectivity index (χ0n) is 10.3. The van der Waals surface area contributed by atoms with Crippen LogP contribution in [0, 0.1) is 5.82 Å². The number of aromatic nitrogens is 3. The predicted octanol–water partition coefficient (Wildman–Crippen LogP) is 3.08. The van der Waals surface area contributed by atoms with Gasteiger partial charge in [0.2, 0.25) is 0 Å². The molecule has 0 aliphatic rings. The molecule has 2 aromatic rings. The van der Waals surface area contributed by atoms with E-state index < -0.39 is 14.9 Å². The second-order valence-corrected chi connectivity index (χ2v) is 6.89. The Hall–Kier alpha value is -1.18. The van der Waals surface area contributed by atoms with Gasteiger partial charge in [-0.05, 0) is 24.6 Å². The minimum absolute atomic E-state index is 0.0273. The van der Waals surface area contributed by atoms with Crippen LogP contribution in [0.25, 0.3) is 11.4 Å². The van der Waals surface area contributed by atoms with Crippen molar-refractivity contribution < 1.29 is 12.8 Å². The van der Waals surface area contributed by atoms with Gasteiger partial charge in [0.25, 0.3) is 14.2 Å². The highest BCUT2D eigenvalue weighted by Gasteiger charge is 2.23. The Morgan fingerprint density at radius 3 is 2.60 bits per heavy atom. The third kappa shape index (κ3) is 2.94. The van der Waals surface area contributed by atoms with E-state index >= 15 is 0 Å². The summed E-state index contributed by atoms with van der Waals surface area (Å²) in [5.41, 5.74) is 0.374. The van der Waals surface area contributed by atoms with Crippen LogP contribution in [-0.2, 0) is 15.6 Å². The Balaban J connectivity index is 2.62. The van der Waals surface area contributed by atoms with Crippen molar-refractivity contribution in [1.29, 1.82) is 0 Å². The average molecular weight is 338 g/mol. The van der Waals surface area contributed by atoms with Crippen LogP contribution in [0.3, 0.4) is 0 Å². The second-order valence-electron chi connectivity index (χ2n) is 4.02. The molecule has 9 heteroatoms. The summed E-state index contributed by atoms with van der Waals surface area (Å²) in [6.45, 7) is 2.20. The fourth-order valence-corrected chi connectivity index (χ4v) is 2.78. The Labute approximate surface area is 124 Å². The van der Waals surface area contributed by atoms with Gasteiger partial charge in [-0.15, -0.1) is 10.2 Å². The first-order valence-corrected chi connectivity index (χ1v) is 8.36. The first-order valence-electron chi connectivity index (χ1n) is 5.68. The summed E-state index contributed by atoms with van der Waals surface area (Å²) in [4.78, 5) is 0. The van der Waals surface area contributed by atoms with E-state index in [1.54, 1.807) is 0 Å². The van der Waals surface area contributed by atoms with Gasteiger partial charge in [0.05, 0.1) is 5.02 Å². The van der Waals surface area contributed by atoms with Crippen LogP contribution in [0.1, 0.15) is 13.3 Å². The smallest absolute Gasteiger partial charge is 0.296 e. The third-order valence-corrected chi connectivity index (χ3v) is 4.02. The lowest BCUT2D eigenvalue weighted by molar-refractivity contribution is 0.569. The molecule has 108 valence electrons. The van der Waals surface area contributed by atoms with Gasteiger partial charge in [0.15, 0.2) is 5.82 Å². The van der Waals surface area contributed by atoms with E-state index in [-0.39, 0.29) is 16.0 Å². The van der Waals surface area contributed by atoms with Crippen LogP contribution in [0.5, 0.6) is 0 Å². The van der Waals surface area contributed by atoms with Gasteiger partial charge < -0.3 is 0 Å². The molecule has 1 aromatic carbocycles. The molecule has 0 unspecified atom stereocenters. The first-order chi connectivity index (χ1) is 9.34. The largest absolute Gasteiger partial charge is 0.297 e. The molecule has 0 amide bonds. The normalized spacial score (nSPS) is 11.8. The second kappa shape index (κ2) is 5.67. The van der Waals surface area contributed by atoms with Crippen molar-refractivity contribution in [3.05, 3.63) is 29.0 Å². The van der Waals surface area contributed by atoms with Crippen molar-refractivity contribution in [2.45, 2.75) is 25.0 Å². The van der Waals surface area contributed by atoms with E-state index in [4.69, 9.17) is 22.3 Å². The standard InChI is InChI=1S/C11H10Cl2FN3O2S/c1-2-5-17-10(15-16-11(17)20(13,18)19)7-3-4-8(12)9(14)6-7/h3-4,6H,2,5H2,1H3. The molecule has 5 nitrogen and oxygen atoms in total. The van der Waals surface area contributed by atoms with Crippen LogP contribution in [0.2, 0.25) is 5.02 Å². The number of benzene rings is 1. The first kappa shape index (κ1) is 15.2. The maximum atomic E-state index is 13.5. The molecule has 0 spiro atoms. The maximum Gasteiger partial charge on any atom is 0.296 e. The molecule has 0 aliphatic heterocycles. The highest BCUT2D eigenvalue weighted by atomic mass is 35.7. The van der Waals surface area contributed by atoms with E-state index in [1.807, 2.05) is 6.92 Å². The Kier molecular flexibility index (Phi) is 4.31. The molecule has 0 atom stereocenters. The third-order valence-electron chi connectivity index (χ3n) is 2.56. The molecular formula is C11H10Cl2FN3O2S. The van der Waals surface area contributed by atoms with Crippen LogP contribution < -0.4 is 0 Å². The van der Waals surface area contributed by atoms with E-state index in [0.717, 1.165) is 0 Å². The molecule has 0 saturated heterocycles. The van der Waals surface area contributed by atoms with Crippen LogP contribution in [0.4, 0.5) is 4.39 Å². The molecule has 0 fully saturated rings. The van der Waals surface area contributed by atoms with Gasteiger partial charge in [-0.25, -0.2) is 12.8 Å². The van der Waals surface area contributed by atoms with Crippen molar-refractivity contribution >= 4 is 31.3 Å². The zero-order chi connectivity index (χ0) is 14.9. The predicted molar refractivity (Wildman–Crippen MR) is 73.8 cm³/mol. The van der Waals surface area contributed by atoms with E-state index in [9.17, 15) is 12.8 Å². The fraction of sp³-hybridized carbons (Fsp3) is 0.273. The molecule has 0 aliphatic carbocycles. The van der Waals surface area contributed by atoms with E-state index in [2.05, 4.69) is 10.2 Å². The highest BCUT2D eigenvalue weighted by molar-refractivity contribution is 8.13. The summed E-state index contributed by atoms with van der Waals surface area (Å²) >= 11 is 5.61. The summed E-state index contributed by atoms with van der Waals surface area (Å²) in [6.07, 6.45) is 0.639. The minimum Gasteiger partial charge on any atom is -0.297 e. The van der Waals surface area contributed by atoms with Crippen molar-refractivity contribution in [3.63, 3.8) is 0 Å². The molecule has 1 heterocycles. The Bertz CT molecular complexity index is 746. The average Bonchev–Trinajstić information content (AvgIpc) is 2.77. The number of halogens is 3. The zero-order valence-corrected chi connectivity index (χ0v) is 12.7. The number of nitrogens with zero attached hydrogens (tertiary/aromatic N) is 3. The Morgan fingerprint density at radius 1 is 1.35 bits per heavy atom. The van der Waals surface area contributed by atoms with Gasteiger partial charge in [-0.3, -0.25) is 4.57 Å². The summed E-state index contributed by atoms with van der Waals surface area (Å²) in [5, 5.41) is 6.97. The van der Waals surface area contributed by atoms with E-state index in [0.29, 0.717) is 18.5 Å². The molecule has 2 rings (SSSR count). The highest BCUT2D eigenvalue weighted by Crippen LogP contribution is 2.26. The lowest BCUT2D eigenvalue weighted by Crippen LogP contribution is -2.07.